The Kier molecular flexibility index (Phi) is 4.04. The molecule has 6 nitrogen and oxygen atoms in total. The van der Waals surface area contributed by atoms with Crippen molar-refractivity contribution in [3.8, 4) is 0 Å². The lowest BCUT2D eigenvalue weighted by Gasteiger charge is -2.18. The van der Waals surface area contributed by atoms with E-state index in [4.69, 9.17) is 5.84 Å². The third kappa shape index (κ3) is 3.05. The van der Waals surface area contributed by atoms with Crippen molar-refractivity contribution in [3.05, 3.63) is 54.0 Å². The minimum atomic E-state index is -0.141. The third-order valence-electron chi connectivity index (χ3n) is 2.69. The fraction of sp³-hybridized carbons (Fsp3) is 0.154. The number of carbonyl (C=O) groups excluding carboxylic acids is 1. The van der Waals surface area contributed by atoms with Gasteiger partial charge < -0.3 is 10.3 Å². The van der Waals surface area contributed by atoms with Gasteiger partial charge >= 0.3 is 0 Å². The largest absolute Gasteiger partial charge is 0.337 e. The zero-order valence-corrected chi connectivity index (χ0v) is 10.6. The second-order valence-corrected chi connectivity index (χ2v) is 4.06. The molecule has 0 bridgehead atoms. The first kappa shape index (κ1) is 13.0. The Morgan fingerprint density at radius 2 is 2.05 bits per heavy atom. The highest BCUT2D eigenvalue weighted by Gasteiger charge is 2.16. The van der Waals surface area contributed by atoms with E-state index >= 15 is 0 Å². The van der Waals surface area contributed by atoms with Crippen molar-refractivity contribution >= 4 is 11.7 Å². The highest BCUT2D eigenvalue weighted by Crippen LogP contribution is 2.13. The quantitative estimate of drug-likeness (QED) is 0.631. The molecule has 0 radical (unpaired) electrons. The number of nitrogens with one attached hydrogen (secondary N) is 1. The maximum atomic E-state index is 12.3. The fourth-order valence-electron chi connectivity index (χ4n) is 1.73. The molecule has 3 N–H and O–H groups in total. The first-order chi connectivity index (χ1) is 9.22. The van der Waals surface area contributed by atoms with Gasteiger partial charge in [-0.25, -0.2) is 10.8 Å². The summed E-state index contributed by atoms with van der Waals surface area (Å²) in [6.45, 7) is 0.500. The zero-order valence-electron chi connectivity index (χ0n) is 10.6. The Balaban J connectivity index is 2.15. The molecule has 6 heteroatoms. The van der Waals surface area contributed by atoms with E-state index in [0.29, 0.717) is 17.9 Å². The van der Waals surface area contributed by atoms with Crippen LogP contribution >= 0.6 is 0 Å². The predicted molar refractivity (Wildman–Crippen MR) is 72.1 cm³/mol. The Morgan fingerprint density at radius 3 is 2.74 bits per heavy atom. The Bertz CT molecular complexity index is 558. The number of aromatic nitrogens is 2. The molecule has 2 aromatic rings. The molecule has 19 heavy (non-hydrogen) atoms. The fourth-order valence-corrected chi connectivity index (χ4v) is 1.73. The molecule has 2 heterocycles. The van der Waals surface area contributed by atoms with Crippen LogP contribution in [0.15, 0.2) is 42.9 Å². The monoisotopic (exact) mass is 257 g/mol. The lowest BCUT2D eigenvalue weighted by atomic mass is 10.2. The number of carbonyl (C=O) groups is 1. The second kappa shape index (κ2) is 5.92. The summed E-state index contributed by atoms with van der Waals surface area (Å²) in [5, 5.41) is 0. The zero-order chi connectivity index (χ0) is 13.7. The summed E-state index contributed by atoms with van der Waals surface area (Å²) in [4.78, 5) is 21.9. The molecule has 0 aliphatic carbocycles. The molecular weight excluding hydrogens is 242 g/mol. The molecule has 0 unspecified atom stereocenters. The van der Waals surface area contributed by atoms with Gasteiger partial charge in [0.2, 0.25) is 0 Å². The molecular formula is C13H15N5O. The lowest BCUT2D eigenvalue weighted by molar-refractivity contribution is 0.0785. The van der Waals surface area contributed by atoms with Gasteiger partial charge in [-0.2, -0.15) is 0 Å². The predicted octanol–water partition coefficient (Wildman–Crippen LogP) is 1.03. The van der Waals surface area contributed by atoms with E-state index in [0.717, 1.165) is 5.56 Å². The van der Waals surface area contributed by atoms with Gasteiger partial charge in [-0.3, -0.25) is 9.78 Å². The molecule has 1 amide bonds. The van der Waals surface area contributed by atoms with Crippen LogP contribution in [0.5, 0.6) is 0 Å². The number of nitrogens with two attached hydrogens (primary N) is 1. The molecule has 2 aromatic heterocycles. The van der Waals surface area contributed by atoms with Crippen molar-refractivity contribution in [2.75, 3.05) is 12.5 Å². The Morgan fingerprint density at radius 1 is 1.32 bits per heavy atom. The number of pyridine rings is 2. The van der Waals surface area contributed by atoms with Crippen LogP contribution in [0.25, 0.3) is 0 Å². The number of amides is 1. The molecule has 0 atom stereocenters. The standard InChI is InChI=1S/C13H15N5O/c1-18(9-10-4-7-15-8-5-10)13(19)11-3-2-6-16-12(11)17-14/h2-8H,9,14H2,1H3,(H,16,17). The van der Waals surface area contributed by atoms with E-state index < -0.39 is 0 Å². The number of anilines is 1. The number of hydrazine groups is 1. The molecule has 0 aliphatic rings. The molecule has 0 saturated heterocycles. The number of rotatable bonds is 4. The van der Waals surface area contributed by atoms with E-state index in [1.54, 1.807) is 42.7 Å². The van der Waals surface area contributed by atoms with Crippen LogP contribution in [-0.2, 0) is 6.54 Å². The second-order valence-electron chi connectivity index (χ2n) is 4.06. The average molecular weight is 257 g/mol. The number of nitrogens with zero attached hydrogens (tertiary/aromatic N) is 3. The number of nitrogen functional groups attached to an aromatic ring is 1. The third-order valence-corrected chi connectivity index (χ3v) is 2.69. The normalized spacial score (nSPS) is 10.0. The van der Waals surface area contributed by atoms with Gasteiger partial charge in [0.1, 0.15) is 0 Å². The Hall–Kier alpha value is -2.47. The van der Waals surface area contributed by atoms with Crippen molar-refractivity contribution in [3.63, 3.8) is 0 Å². The van der Waals surface area contributed by atoms with E-state index in [2.05, 4.69) is 15.4 Å². The maximum Gasteiger partial charge on any atom is 0.257 e. The van der Waals surface area contributed by atoms with Crippen LogP contribution in [0.2, 0.25) is 0 Å². The highest BCUT2D eigenvalue weighted by atomic mass is 16.2. The number of hydrogen-bond donors (Lipinski definition) is 2. The molecule has 0 aromatic carbocycles. The van der Waals surface area contributed by atoms with Gasteiger partial charge in [-0.1, -0.05) is 0 Å². The van der Waals surface area contributed by atoms with E-state index in [1.165, 1.54) is 0 Å². The van der Waals surface area contributed by atoms with Crippen LogP contribution in [0.3, 0.4) is 0 Å². The maximum absolute atomic E-state index is 12.3. The summed E-state index contributed by atoms with van der Waals surface area (Å²) in [5.41, 5.74) is 3.88. The van der Waals surface area contributed by atoms with Gasteiger partial charge in [0.25, 0.3) is 5.91 Å². The molecule has 98 valence electrons. The van der Waals surface area contributed by atoms with Crippen LogP contribution in [0.4, 0.5) is 5.82 Å². The smallest absolute Gasteiger partial charge is 0.257 e. The van der Waals surface area contributed by atoms with E-state index in [1.807, 2.05) is 12.1 Å². The molecule has 2 rings (SSSR count). The van der Waals surface area contributed by atoms with Crippen molar-refractivity contribution in [2.24, 2.45) is 5.84 Å². The van der Waals surface area contributed by atoms with Crippen molar-refractivity contribution in [2.45, 2.75) is 6.54 Å². The van der Waals surface area contributed by atoms with Crippen LogP contribution in [0.1, 0.15) is 15.9 Å². The van der Waals surface area contributed by atoms with Crippen molar-refractivity contribution in [1.82, 2.24) is 14.9 Å². The molecule has 0 fully saturated rings. The van der Waals surface area contributed by atoms with Crippen LogP contribution in [0, 0.1) is 0 Å². The summed E-state index contributed by atoms with van der Waals surface area (Å²) < 4.78 is 0. The molecule has 0 spiro atoms. The van der Waals surface area contributed by atoms with E-state index in [9.17, 15) is 4.79 Å². The van der Waals surface area contributed by atoms with Crippen molar-refractivity contribution in [1.29, 1.82) is 0 Å². The highest BCUT2D eigenvalue weighted by molar-refractivity contribution is 5.98. The lowest BCUT2D eigenvalue weighted by Crippen LogP contribution is -2.28. The van der Waals surface area contributed by atoms with Crippen LogP contribution < -0.4 is 11.3 Å². The average Bonchev–Trinajstić information content (AvgIpc) is 2.47. The summed E-state index contributed by atoms with van der Waals surface area (Å²) in [5.74, 6) is 5.58. The molecule has 0 saturated carbocycles. The topological polar surface area (TPSA) is 84.1 Å². The number of hydrogen-bond acceptors (Lipinski definition) is 5. The van der Waals surface area contributed by atoms with Gasteiger partial charge in [0, 0.05) is 32.2 Å². The Labute approximate surface area is 111 Å². The van der Waals surface area contributed by atoms with Gasteiger partial charge in [0.15, 0.2) is 5.82 Å². The molecule has 0 aliphatic heterocycles. The minimum absolute atomic E-state index is 0.141. The summed E-state index contributed by atoms with van der Waals surface area (Å²) >= 11 is 0. The first-order valence-corrected chi connectivity index (χ1v) is 5.78. The van der Waals surface area contributed by atoms with Crippen LogP contribution in [-0.4, -0.2) is 27.8 Å². The van der Waals surface area contributed by atoms with Gasteiger partial charge in [-0.05, 0) is 29.8 Å². The summed E-state index contributed by atoms with van der Waals surface area (Å²) in [6.07, 6.45) is 4.98. The van der Waals surface area contributed by atoms with E-state index in [-0.39, 0.29) is 5.91 Å². The van der Waals surface area contributed by atoms with Gasteiger partial charge in [0.05, 0.1) is 5.56 Å². The van der Waals surface area contributed by atoms with Gasteiger partial charge in [-0.15, -0.1) is 0 Å². The first-order valence-electron chi connectivity index (χ1n) is 5.78. The van der Waals surface area contributed by atoms with Crippen molar-refractivity contribution < 1.29 is 4.79 Å². The SMILES string of the molecule is CN(Cc1ccncc1)C(=O)c1cccnc1NN. The minimum Gasteiger partial charge on any atom is -0.337 e. The summed E-state index contributed by atoms with van der Waals surface area (Å²) in [7, 11) is 1.73. The summed E-state index contributed by atoms with van der Waals surface area (Å²) in [6, 6.07) is 7.13.